The largest absolute Gasteiger partial charge is 0.373 e. The molecule has 1 aromatic heterocycles. The minimum atomic E-state index is 0.655. The number of quaternary nitrogens is 1. The summed E-state index contributed by atoms with van der Waals surface area (Å²) in [6, 6.07) is 7.87. The number of anilines is 1. The lowest BCUT2D eigenvalue weighted by Gasteiger charge is -2.10. The van der Waals surface area contributed by atoms with E-state index in [1.165, 1.54) is 4.90 Å². The number of pyridine rings is 1. The molecular weight excluding hydrogens is 282 g/mol. The van der Waals surface area contributed by atoms with Crippen molar-refractivity contribution in [3.8, 4) is 11.8 Å². The maximum Gasteiger partial charge on any atom is 0.214 e. The van der Waals surface area contributed by atoms with Gasteiger partial charge in [0.05, 0.1) is 30.7 Å². The summed E-state index contributed by atoms with van der Waals surface area (Å²) in [5.74, 6) is 6.43. The number of H-pyrrole nitrogens is 1. The van der Waals surface area contributed by atoms with Crippen LogP contribution in [-0.2, 0) is 0 Å². The maximum atomic E-state index is 6.01. The topological polar surface area (TPSA) is 30.6 Å². The number of halogens is 1. The first-order valence-corrected chi connectivity index (χ1v) is 7.75. The summed E-state index contributed by atoms with van der Waals surface area (Å²) in [6.07, 6.45) is 1.91. The van der Waals surface area contributed by atoms with Crippen LogP contribution < -0.4 is 15.2 Å². The zero-order valence-corrected chi connectivity index (χ0v) is 13.3. The first kappa shape index (κ1) is 15.6. The van der Waals surface area contributed by atoms with Crippen LogP contribution in [0.2, 0.25) is 5.02 Å². The van der Waals surface area contributed by atoms with Crippen molar-refractivity contribution in [2.45, 2.75) is 13.8 Å². The number of aromatic amines is 1. The first-order chi connectivity index (χ1) is 10.2. The summed E-state index contributed by atoms with van der Waals surface area (Å²) in [7, 11) is 0. The van der Waals surface area contributed by atoms with Crippen LogP contribution in [0.25, 0.3) is 10.9 Å². The predicted octanol–water partition coefficient (Wildman–Crippen LogP) is 1.65. The van der Waals surface area contributed by atoms with Gasteiger partial charge in [-0.15, -0.1) is 0 Å². The van der Waals surface area contributed by atoms with Crippen molar-refractivity contribution < 1.29 is 9.88 Å². The average Bonchev–Trinajstić information content (AvgIpc) is 2.50. The third kappa shape index (κ3) is 4.35. The Morgan fingerprint density at radius 3 is 2.76 bits per heavy atom. The van der Waals surface area contributed by atoms with E-state index >= 15 is 0 Å². The van der Waals surface area contributed by atoms with Crippen molar-refractivity contribution in [2.75, 3.05) is 31.5 Å². The number of rotatable bonds is 5. The van der Waals surface area contributed by atoms with Crippen LogP contribution in [0, 0.1) is 11.8 Å². The van der Waals surface area contributed by atoms with Gasteiger partial charge in [-0.05, 0) is 31.9 Å². The fourth-order valence-corrected chi connectivity index (χ4v) is 2.39. The molecular formula is C17H22ClN3+2. The molecule has 3 nitrogen and oxygen atoms in total. The van der Waals surface area contributed by atoms with Gasteiger partial charge in [-0.1, -0.05) is 17.5 Å². The molecule has 0 saturated carbocycles. The summed E-state index contributed by atoms with van der Waals surface area (Å²) >= 11 is 6.01. The van der Waals surface area contributed by atoms with Crippen molar-refractivity contribution in [2.24, 2.45) is 0 Å². The standard InChI is InChI=1S/C17H20ClN3/c1-3-21(4-2)12-6-5-10-19-16-9-11-20-17-13-14(18)7-8-15(16)17/h7-9,11,13H,3-4,10,12H2,1-2H3,(H,19,20)/p+2. The first-order valence-electron chi connectivity index (χ1n) is 7.37. The SMILES string of the molecule is CC[NH+](CC)CC#CCNc1cc[nH+]c2cc(Cl)ccc12. The molecule has 4 heteroatoms. The van der Waals surface area contributed by atoms with E-state index < -0.39 is 0 Å². The van der Waals surface area contributed by atoms with Gasteiger partial charge in [-0.2, -0.15) is 0 Å². The molecule has 3 N–H and O–H groups in total. The third-order valence-corrected chi connectivity index (χ3v) is 3.83. The molecule has 0 fully saturated rings. The van der Waals surface area contributed by atoms with Crippen LogP contribution in [-0.4, -0.2) is 26.2 Å². The molecule has 0 radical (unpaired) electrons. The highest BCUT2D eigenvalue weighted by Crippen LogP contribution is 2.22. The van der Waals surface area contributed by atoms with Crippen molar-refractivity contribution in [3.63, 3.8) is 0 Å². The summed E-state index contributed by atoms with van der Waals surface area (Å²) in [6.45, 7) is 8.19. The fraction of sp³-hybridized carbons (Fsp3) is 0.353. The van der Waals surface area contributed by atoms with Crippen LogP contribution in [0.5, 0.6) is 0 Å². The van der Waals surface area contributed by atoms with Crippen LogP contribution in [0.4, 0.5) is 5.69 Å². The lowest BCUT2D eigenvalue weighted by molar-refractivity contribution is -0.889. The normalized spacial score (nSPS) is 10.5. The molecule has 0 unspecified atom stereocenters. The van der Waals surface area contributed by atoms with Gasteiger partial charge < -0.3 is 10.2 Å². The molecule has 0 aliphatic heterocycles. The number of nitrogens with one attached hydrogen (secondary N) is 3. The number of aromatic nitrogens is 1. The van der Waals surface area contributed by atoms with Gasteiger partial charge in [-0.25, -0.2) is 4.98 Å². The van der Waals surface area contributed by atoms with E-state index in [-0.39, 0.29) is 0 Å². The second-order valence-electron chi connectivity index (χ2n) is 4.92. The van der Waals surface area contributed by atoms with E-state index in [0.29, 0.717) is 6.54 Å². The number of benzene rings is 1. The Morgan fingerprint density at radius 2 is 2.00 bits per heavy atom. The van der Waals surface area contributed by atoms with Gasteiger partial charge in [0.1, 0.15) is 6.54 Å². The molecule has 0 atom stereocenters. The van der Waals surface area contributed by atoms with Crippen molar-refractivity contribution in [1.29, 1.82) is 0 Å². The smallest absolute Gasteiger partial charge is 0.214 e. The molecule has 0 saturated heterocycles. The highest BCUT2D eigenvalue weighted by Gasteiger charge is 2.05. The summed E-state index contributed by atoms with van der Waals surface area (Å²) < 4.78 is 0. The van der Waals surface area contributed by atoms with E-state index in [1.54, 1.807) is 0 Å². The van der Waals surface area contributed by atoms with E-state index in [1.807, 2.05) is 30.5 Å². The molecule has 2 rings (SSSR count). The molecule has 0 aliphatic carbocycles. The second-order valence-corrected chi connectivity index (χ2v) is 5.36. The maximum absolute atomic E-state index is 6.01. The van der Waals surface area contributed by atoms with Crippen LogP contribution in [0.15, 0.2) is 30.5 Å². The van der Waals surface area contributed by atoms with Gasteiger partial charge >= 0.3 is 0 Å². The number of fused-ring (bicyclic) bond motifs is 1. The summed E-state index contributed by atoms with van der Waals surface area (Å²) in [4.78, 5) is 4.71. The predicted molar refractivity (Wildman–Crippen MR) is 88.7 cm³/mol. The lowest BCUT2D eigenvalue weighted by Crippen LogP contribution is -3.11. The Bertz CT molecular complexity index is 654. The highest BCUT2D eigenvalue weighted by atomic mass is 35.5. The molecule has 0 spiro atoms. The highest BCUT2D eigenvalue weighted by molar-refractivity contribution is 6.31. The zero-order valence-electron chi connectivity index (χ0n) is 12.6. The van der Waals surface area contributed by atoms with Crippen molar-refractivity contribution >= 4 is 28.2 Å². The lowest BCUT2D eigenvalue weighted by atomic mass is 10.2. The zero-order chi connectivity index (χ0) is 15.1. The minimum absolute atomic E-state index is 0.655. The Morgan fingerprint density at radius 1 is 1.19 bits per heavy atom. The average molecular weight is 304 g/mol. The summed E-state index contributed by atoms with van der Waals surface area (Å²) in [5.41, 5.74) is 2.10. The molecule has 0 amide bonds. The molecule has 110 valence electrons. The molecule has 0 aliphatic rings. The van der Waals surface area contributed by atoms with Gasteiger partial charge in [0.15, 0.2) is 6.20 Å². The van der Waals surface area contributed by atoms with E-state index in [9.17, 15) is 0 Å². The van der Waals surface area contributed by atoms with Crippen LogP contribution >= 0.6 is 11.6 Å². The van der Waals surface area contributed by atoms with Crippen LogP contribution in [0.1, 0.15) is 13.8 Å². The third-order valence-electron chi connectivity index (χ3n) is 3.59. The Hall–Kier alpha value is -1.76. The minimum Gasteiger partial charge on any atom is -0.373 e. The van der Waals surface area contributed by atoms with Gasteiger partial charge in [-0.3, -0.25) is 0 Å². The second kappa shape index (κ2) is 7.87. The molecule has 21 heavy (non-hydrogen) atoms. The van der Waals surface area contributed by atoms with E-state index in [2.05, 4.69) is 36.0 Å². The molecule has 1 aromatic carbocycles. The number of hydrogen-bond acceptors (Lipinski definition) is 1. The number of hydrogen-bond donors (Lipinski definition) is 2. The fourth-order valence-electron chi connectivity index (χ4n) is 2.22. The van der Waals surface area contributed by atoms with Gasteiger partial charge in [0, 0.05) is 17.2 Å². The van der Waals surface area contributed by atoms with Gasteiger partial charge in [0.25, 0.3) is 0 Å². The van der Waals surface area contributed by atoms with E-state index in [4.69, 9.17) is 11.6 Å². The van der Waals surface area contributed by atoms with Crippen LogP contribution in [0.3, 0.4) is 0 Å². The Balaban J connectivity index is 2.00. The van der Waals surface area contributed by atoms with Crippen molar-refractivity contribution in [1.82, 2.24) is 0 Å². The summed E-state index contributed by atoms with van der Waals surface area (Å²) in [5, 5.41) is 5.23. The van der Waals surface area contributed by atoms with Gasteiger partial charge in [0.2, 0.25) is 5.52 Å². The van der Waals surface area contributed by atoms with Crippen molar-refractivity contribution in [3.05, 3.63) is 35.5 Å². The van der Waals surface area contributed by atoms with E-state index in [0.717, 1.165) is 41.2 Å². The molecule has 2 aromatic rings. The Labute approximate surface area is 131 Å². The quantitative estimate of drug-likeness (QED) is 0.809. The monoisotopic (exact) mass is 303 g/mol. The molecule has 0 bridgehead atoms. The molecule has 1 heterocycles. The Kier molecular flexibility index (Phi) is 5.86.